The third-order valence-corrected chi connectivity index (χ3v) is 7.25. The molecule has 0 fully saturated rings. The van der Waals surface area contributed by atoms with E-state index in [1.54, 1.807) is 7.11 Å². The third-order valence-electron chi connectivity index (χ3n) is 6.97. The summed E-state index contributed by atoms with van der Waals surface area (Å²) in [7, 11) is 1.59. The number of hydrogen-bond acceptors (Lipinski definition) is 5. The molecule has 3 aliphatic rings. The van der Waals surface area contributed by atoms with Crippen LogP contribution in [0.25, 0.3) is 0 Å². The number of Topliss-reactive ketones (excluding diaryl/α,β-unsaturated/α-hetero) is 2. The number of methoxy groups -OCH3 is 1. The zero-order valence-corrected chi connectivity index (χ0v) is 21.1. The van der Waals surface area contributed by atoms with Gasteiger partial charge in [-0.1, -0.05) is 50.6 Å². The van der Waals surface area contributed by atoms with Crippen LogP contribution in [0.2, 0.25) is 5.02 Å². The van der Waals surface area contributed by atoms with Gasteiger partial charge in [0.15, 0.2) is 23.1 Å². The van der Waals surface area contributed by atoms with Gasteiger partial charge >= 0.3 is 0 Å². The number of carbonyl (C=O) groups excluding carboxylic acids is 2. The van der Waals surface area contributed by atoms with Gasteiger partial charge in [-0.3, -0.25) is 9.59 Å². The maximum absolute atomic E-state index is 13.0. The van der Waals surface area contributed by atoms with E-state index in [1.165, 1.54) is 25.7 Å². The summed E-state index contributed by atoms with van der Waals surface area (Å²) in [6.07, 6.45) is 11.0. The average Bonchev–Trinajstić information content (AvgIpc) is 2.83. The molecule has 5 nitrogen and oxygen atoms in total. The maximum Gasteiger partial charge on any atom is 0.179 e. The maximum atomic E-state index is 13.0. The molecule has 0 amide bonds. The van der Waals surface area contributed by atoms with Crippen LogP contribution in [0.4, 0.5) is 0 Å². The lowest BCUT2D eigenvalue weighted by molar-refractivity contribution is -0.117. The average molecular weight is 487 g/mol. The largest absolute Gasteiger partial charge is 0.493 e. The van der Waals surface area contributed by atoms with Crippen LogP contribution >= 0.6 is 11.6 Å². The van der Waals surface area contributed by atoms with Crippen molar-refractivity contribution in [2.75, 3.05) is 13.7 Å². The molecule has 34 heavy (non-hydrogen) atoms. The lowest BCUT2D eigenvalue weighted by Crippen LogP contribution is -2.30. The van der Waals surface area contributed by atoms with Gasteiger partial charge in [-0.2, -0.15) is 0 Å². The van der Waals surface area contributed by atoms with Crippen molar-refractivity contribution in [3.05, 3.63) is 45.4 Å². The molecular formula is C28H35ClO5. The van der Waals surface area contributed by atoms with E-state index in [2.05, 4.69) is 6.92 Å². The van der Waals surface area contributed by atoms with E-state index in [0.29, 0.717) is 71.5 Å². The molecule has 0 saturated heterocycles. The Hall–Kier alpha value is -2.27. The standard InChI is InChI=1S/C28H35ClO5/c1-3-4-5-6-7-8-15-33-28-19(29)16-18(17-24(28)32-2)25-26-20(30)11-9-13-22(26)34-23-14-10-12-21(31)27(23)25/h16-17,25H,3-15H2,1-2H3. The monoisotopic (exact) mass is 486 g/mol. The summed E-state index contributed by atoms with van der Waals surface area (Å²) < 4.78 is 17.8. The molecule has 0 atom stereocenters. The fourth-order valence-electron chi connectivity index (χ4n) is 5.25. The SMILES string of the molecule is CCCCCCCCOc1c(Cl)cc(C2C3=C(CCCC3=O)OC3=C2C(=O)CCC3)cc1OC. The lowest BCUT2D eigenvalue weighted by Gasteiger charge is -2.36. The number of unbranched alkanes of at least 4 members (excludes halogenated alkanes) is 5. The summed E-state index contributed by atoms with van der Waals surface area (Å²) in [6, 6.07) is 3.70. The quantitative estimate of drug-likeness (QED) is 0.327. The van der Waals surface area contributed by atoms with Crippen LogP contribution in [-0.2, 0) is 14.3 Å². The Bertz CT molecular complexity index is 964. The van der Waals surface area contributed by atoms with E-state index in [9.17, 15) is 9.59 Å². The van der Waals surface area contributed by atoms with E-state index in [-0.39, 0.29) is 11.6 Å². The highest BCUT2D eigenvalue weighted by atomic mass is 35.5. The second-order valence-corrected chi connectivity index (χ2v) is 9.82. The fraction of sp³-hybridized carbons (Fsp3) is 0.571. The predicted molar refractivity (Wildman–Crippen MR) is 132 cm³/mol. The van der Waals surface area contributed by atoms with Gasteiger partial charge in [-0.15, -0.1) is 0 Å². The smallest absolute Gasteiger partial charge is 0.179 e. The predicted octanol–water partition coefficient (Wildman–Crippen LogP) is 7.22. The summed E-state index contributed by atoms with van der Waals surface area (Å²) in [6.45, 7) is 2.78. The summed E-state index contributed by atoms with van der Waals surface area (Å²) in [5.74, 6) is 2.11. The second-order valence-electron chi connectivity index (χ2n) is 9.41. The van der Waals surface area contributed by atoms with E-state index in [0.717, 1.165) is 31.2 Å². The van der Waals surface area contributed by atoms with Crippen molar-refractivity contribution in [2.45, 2.75) is 89.9 Å². The summed E-state index contributed by atoms with van der Waals surface area (Å²) in [5, 5.41) is 0.433. The van der Waals surface area contributed by atoms with Crippen LogP contribution in [0.5, 0.6) is 11.5 Å². The summed E-state index contributed by atoms with van der Waals surface area (Å²) in [4.78, 5) is 26.0. The van der Waals surface area contributed by atoms with Crippen LogP contribution in [0, 0.1) is 0 Å². The van der Waals surface area contributed by atoms with Gasteiger partial charge in [0.05, 0.1) is 18.7 Å². The van der Waals surface area contributed by atoms with Gasteiger partial charge in [0.25, 0.3) is 0 Å². The van der Waals surface area contributed by atoms with E-state index < -0.39 is 5.92 Å². The molecule has 1 aliphatic heterocycles. The Kier molecular flexibility index (Phi) is 8.36. The fourth-order valence-corrected chi connectivity index (χ4v) is 5.53. The topological polar surface area (TPSA) is 61.8 Å². The number of benzene rings is 1. The highest BCUT2D eigenvalue weighted by Gasteiger charge is 2.42. The number of hydrogen-bond donors (Lipinski definition) is 0. The highest BCUT2D eigenvalue weighted by molar-refractivity contribution is 6.32. The zero-order chi connectivity index (χ0) is 24.1. The molecular weight excluding hydrogens is 452 g/mol. The molecule has 1 aromatic rings. The second kappa shape index (κ2) is 11.4. The van der Waals surface area contributed by atoms with Crippen LogP contribution in [-0.4, -0.2) is 25.3 Å². The minimum Gasteiger partial charge on any atom is -0.493 e. The minimum absolute atomic E-state index is 0.0506. The van der Waals surface area contributed by atoms with Crippen LogP contribution in [0.15, 0.2) is 34.8 Å². The molecule has 1 heterocycles. The molecule has 1 aromatic carbocycles. The Balaban J connectivity index is 1.61. The van der Waals surface area contributed by atoms with Gasteiger partial charge in [-0.05, 0) is 37.0 Å². The molecule has 2 aliphatic carbocycles. The molecule has 6 heteroatoms. The molecule has 4 rings (SSSR count). The van der Waals surface area contributed by atoms with Crippen LogP contribution in [0.3, 0.4) is 0 Å². The molecule has 0 N–H and O–H groups in total. The van der Waals surface area contributed by atoms with Gasteiger partial charge in [0.1, 0.15) is 11.5 Å². The number of rotatable bonds is 10. The van der Waals surface area contributed by atoms with Gasteiger partial charge < -0.3 is 14.2 Å². The van der Waals surface area contributed by atoms with Crippen molar-refractivity contribution in [2.24, 2.45) is 0 Å². The Morgan fingerprint density at radius 1 is 0.912 bits per heavy atom. The first-order chi connectivity index (χ1) is 16.5. The van der Waals surface area contributed by atoms with Crippen molar-refractivity contribution < 1.29 is 23.8 Å². The lowest BCUT2D eigenvalue weighted by atomic mass is 9.73. The van der Waals surface area contributed by atoms with Crippen molar-refractivity contribution in [3.63, 3.8) is 0 Å². The molecule has 0 saturated carbocycles. The van der Waals surface area contributed by atoms with Gasteiger partial charge in [0.2, 0.25) is 0 Å². The highest BCUT2D eigenvalue weighted by Crippen LogP contribution is 2.50. The van der Waals surface area contributed by atoms with Crippen LogP contribution < -0.4 is 9.47 Å². The van der Waals surface area contributed by atoms with Gasteiger partial charge in [0, 0.05) is 42.7 Å². The number of ketones is 2. The van der Waals surface area contributed by atoms with Crippen molar-refractivity contribution in [1.82, 2.24) is 0 Å². The van der Waals surface area contributed by atoms with E-state index in [1.807, 2.05) is 12.1 Å². The number of carbonyl (C=O) groups is 2. The number of ether oxygens (including phenoxy) is 3. The van der Waals surface area contributed by atoms with Crippen molar-refractivity contribution in [3.8, 4) is 11.5 Å². The van der Waals surface area contributed by atoms with Crippen molar-refractivity contribution in [1.29, 1.82) is 0 Å². The zero-order valence-electron chi connectivity index (χ0n) is 20.3. The third kappa shape index (κ3) is 5.19. The normalized spacial score (nSPS) is 18.6. The van der Waals surface area contributed by atoms with Gasteiger partial charge in [-0.25, -0.2) is 0 Å². The Morgan fingerprint density at radius 3 is 2.15 bits per heavy atom. The first-order valence-electron chi connectivity index (χ1n) is 12.8. The molecule has 0 spiro atoms. The Morgan fingerprint density at radius 2 is 1.53 bits per heavy atom. The molecule has 184 valence electrons. The van der Waals surface area contributed by atoms with Crippen LogP contribution in [0.1, 0.15) is 95.5 Å². The first-order valence-corrected chi connectivity index (χ1v) is 13.1. The van der Waals surface area contributed by atoms with E-state index >= 15 is 0 Å². The van der Waals surface area contributed by atoms with Crippen molar-refractivity contribution >= 4 is 23.2 Å². The summed E-state index contributed by atoms with van der Waals surface area (Å²) in [5.41, 5.74) is 2.00. The molecule has 0 aromatic heterocycles. The first kappa shape index (κ1) is 24.8. The summed E-state index contributed by atoms with van der Waals surface area (Å²) >= 11 is 6.70. The molecule has 0 unspecified atom stereocenters. The molecule has 0 bridgehead atoms. The molecule has 0 radical (unpaired) electrons. The Labute approximate surface area is 207 Å². The number of allylic oxidation sites excluding steroid dienone is 4. The van der Waals surface area contributed by atoms with E-state index in [4.69, 9.17) is 25.8 Å². The minimum atomic E-state index is -0.460. The number of halogens is 1.